The van der Waals surface area contributed by atoms with Gasteiger partial charge >= 0.3 is 5.97 Å². The predicted octanol–water partition coefficient (Wildman–Crippen LogP) is -0.889. The topological polar surface area (TPSA) is 83.9 Å². The lowest BCUT2D eigenvalue weighted by Crippen LogP contribution is -2.54. The molecule has 2 aliphatic rings. The number of aldehydes is 1. The molecule has 2 fully saturated rings. The number of allylic oxidation sites excluding steroid dienone is 1. The fourth-order valence-electron chi connectivity index (χ4n) is 1.61. The highest BCUT2D eigenvalue weighted by Gasteiger charge is 2.53. The van der Waals surface area contributed by atoms with E-state index in [-0.39, 0.29) is 18.1 Å². The second kappa shape index (κ2) is 2.83. The van der Waals surface area contributed by atoms with E-state index in [0.29, 0.717) is 6.29 Å². The van der Waals surface area contributed by atoms with Crippen molar-refractivity contribution in [3.05, 3.63) is 11.8 Å². The molecule has 2 heterocycles. The van der Waals surface area contributed by atoms with Crippen LogP contribution in [0.1, 0.15) is 6.42 Å². The van der Waals surface area contributed by atoms with E-state index < -0.39 is 18.2 Å². The van der Waals surface area contributed by atoms with Gasteiger partial charge in [0, 0.05) is 6.08 Å². The molecule has 6 nitrogen and oxygen atoms in total. The standard InChI is InChI=1S/C8H7NO5/c10-2-1-4-7(8(12)13)9-5(11)3-6(9)14-4/h1-2,6-7H,3H2,(H,12,13)/b4-1+. The van der Waals surface area contributed by atoms with Gasteiger partial charge in [-0.3, -0.25) is 14.5 Å². The third-order valence-electron chi connectivity index (χ3n) is 2.23. The van der Waals surface area contributed by atoms with E-state index in [4.69, 9.17) is 9.84 Å². The van der Waals surface area contributed by atoms with Gasteiger partial charge in [-0.05, 0) is 0 Å². The molecule has 2 rings (SSSR count). The van der Waals surface area contributed by atoms with E-state index in [2.05, 4.69) is 0 Å². The lowest BCUT2D eigenvalue weighted by atomic mass is 10.1. The molecule has 14 heavy (non-hydrogen) atoms. The summed E-state index contributed by atoms with van der Waals surface area (Å²) >= 11 is 0. The average Bonchev–Trinajstić information content (AvgIpc) is 2.39. The lowest BCUT2D eigenvalue weighted by molar-refractivity contribution is -0.163. The van der Waals surface area contributed by atoms with E-state index in [0.717, 1.165) is 11.0 Å². The van der Waals surface area contributed by atoms with E-state index in [9.17, 15) is 14.4 Å². The normalized spacial score (nSPS) is 32.1. The lowest BCUT2D eigenvalue weighted by Gasteiger charge is -2.33. The monoisotopic (exact) mass is 197 g/mol. The van der Waals surface area contributed by atoms with Gasteiger partial charge in [0.1, 0.15) is 12.0 Å². The quantitative estimate of drug-likeness (QED) is 0.352. The van der Waals surface area contributed by atoms with Crippen molar-refractivity contribution >= 4 is 18.2 Å². The second-order valence-corrected chi connectivity index (χ2v) is 3.02. The number of nitrogens with zero attached hydrogens (tertiary/aromatic N) is 1. The molecule has 2 aliphatic heterocycles. The molecule has 0 saturated carbocycles. The number of carboxylic acids is 1. The zero-order chi connectivity index (χ0) is 10.3. The largest absolute Gasteiger partial charge is 0.479 e. The van der Waals surface area contributed by atoms with Crippen LogP contribution in [0.5, 0.6) is 0 Å². The first-order chi connectivity index (χ1) is 6.65. The first-order valence-corrected chi connectivity index (χ1v) is 4.01. The number of fused-ring (bicyclic) bond motifs is 1. The number of rotatable bonds is 2. The van der Waals surface area contributed by atoms with Crippen molar-refractivity contribution in [2.24, 2.45) is 0 Å². The van der Waals surface area contributed by atoms with Crippen molar-refractivity contribution in [1.29, 1.82) is 0 Å². The summed E-state index contributed by atoms with van der Waals surface area (Å²) in [6, 6.07) is -1.13. The van der Waals surface area contributed by atoms with Crippen LogP contribution in [0.3, 0.4) is 0 Å². The molecule has 0 aromatic heterocycles. The number of aliphatic carboxylic acids is 1. The molecule has 74 valence electrons. The molecule has 2 atom stereocenters. The first kappa shape index (κ1) is 8.74. The maximum absolute atomic E-state index is 11.0. The number of carbonyl (C=O) groups is 3. The molecular weight excluding hydrogens is 190 g/mol. The van der Waals surface area contributed by atoms with Crippen LogP contribution in [-0.2, 0) is 19.1 Å². The molecule has 0 bridgehead atoms. The number of ether oxygens (including phenoxy) is 1. The van der Waals surface area contributed by atoms with Gasteiger partial charge in [0.2, 0.25) is 5.91 Å². The Morgan fingerprint density at radius 3 is 2.86 bits per heavy atom. The van der Waals surface area contributed by atoms with Crippen molar-refractivity contribution in [1.82, 2.24) is 4.90 Å². The zero-order valence-electron chi connectivity index (χ0n) is 7.04. The van der Waals surface area contributed by atoms with Gasteiger partial charge in [-0.15, -0.1) is 0 Å². The van der Waals surface area contributed by atoms with Crippen LogP contribution in [0.25, 0.3) is 0 Å². The van der Waals surface area contributed by atoms with Crippen molar-refractivity contribution in [3.63, 3.8) is 0 Å². The maximum atomic E-state index is 11.0. The highest BCUT2D eigenvalue weighted by atomic mass is 16.5. The molecule has 0 aromatic rings. The summed E-state index contributed by atoms with van der Waals surface area (Å²) in [6.07, 6.45) is 1.15. The summed E-state index contributed by atoms with van der Waals surface area (Å²) in [5.41, 5.74) is 0. The van der Waals surface area contributed by atoms with Gasteiger partial charge in [-0.2, -0.15) is 0 Å². The number of carboxylic acid groups (broad SMARTS) is 1. The smallest absolute Gasteiger partial charge is 0.334 e. The molecule has 0 aromatic carbocycles. The van der Waals surface area contributed by atoms with E-state index in [1.807, 2.05) is 0 Å². The number of hydrogen-bond acceptors (Lipinski definition) is 4. The van der Waals surface area contributed by atoms with Crippen molar-refractivity contribution in [2.45, 2.75) is 18.7 Å². The Balaban J connectivity index is 2.30. The van der Waals surface area contributed by atoms with Crippen molar-refractivity contribution < 1.29 is 24.2 Å². The third-order valence-corrected chi connectivity index (χ3v) is 2.23. The zero-order valence-corrected chi connectivity index (χ0v) is 7.04. The second-order valence-electron chi connectivity index (χ2n) is 3.02. The van der Waals surface area contributed by atoms with E-state index in [1.165, 1.54) is 0 Å². The summed E-state index contributed by atoms with van der Waals surface area (Å²) in [4.78, 5) is 33.1. The number of amides is 1. The third kappa shape index (κ3) is 1.00. The Morgan fingerprint density at radius 2 is 2.36 bits per heavy atom. The fraction of sp³-hybridized carbons (Fsp3) is 0.375. The molecular formula is C8H7NO5. The molecule has 0 radical (unpaired) electrons. The Hall–Kier alpha value is -1.85. The number of hydrogen-bond donors (Lipinski definition) is 1. The Labute approximate surface area is 78.7 Å². The van der Waals surface area contributed by atoms with Crippen LogP contribution in [0, 0.1) is 0 Å². The fourth-order valence-corrected chi connectivity index (χ4v) is 1.61. The van der Waals surface area contributed by atoms with Crippen LogP contribution in [-0.4, -0.2) is 40.4 Å². The summed E-state index contributed by atoms with van der Waals surface area (Å²) < 4.78 is 5.10. The molecule has 2 unspecified atom stereocenters. The number of carbonyl (C=O) groups excluding carboxylic acids is 2. The van der Waals surface area contributed by atoms with Crippen LogP contribution >= 0.6 is 0 Å². The Bertz CT molecular complexity index is 348. The first-order valence-electron chi connectivity index (χ1n) is 4.01. The van der Waals surface area contributed by atoms with Crippen molar-refractivity contribution in [3.8, 4) is 0 Å². The number of β-lactam (4-membered cyclic amide) rings is 1. The SMILES string of the molecule is O=C/C=C1/OC2CC(=O)N2C1C(=O)O. The molecule has 1 N–H and O–H groups in total. The van der Waals surface area contributed by atoms with Crippen LogP contribution < -0.4 is 0 Å². The molecule has 2 saturated heterocycles. The molecule has 0 spiro atoms. The minimum Gasteiger partial charge on any atom is -0.479 e. The highest BCUT2D eigenvalue weighted by molar-refractivity contribution is 5.91. The summed E-state index contributed by atoms with van der Waals surface area (Å²) in [5.74, 6) is -1.42. The molecule has 6 heteroatoms. The van der Waals surface area contributed by atoms with Crippen LogP contribution in [0.15, 0.2) is 11.8 Å². The molecule has 0 aliphatic carbocycles. The van der Waals surface area contributed by atoms with E-state index in [1.54, 1.807) is 0 Å². The van der Waals surface area contributed by atoms with Crippen molar-refractivity contribution in [2.75, 3.05) is 0 Å². The predicted molar refractivity (Wildman–Crippen MR) is 41.9 cm³/mol. The summed E-state index contributed by atoms with van der Waals surface area (Å²) in [5, 5.41) is 8.82. The van der Waals surface area contributed by atoms with Gasteiger partial charge in [0.25, 0.3) is 0 Å². The van der Waals surface area contributed by atoms with Gasteiger partial charge in [0.05, 0.1) is 6.42 Å². The summed E-state index contributed by atoms with van der Waals surface area (Å²) in [7, 11) is 0. The Kier molecular flexibility index (Phi) is 1.77. The summed E-state index contributed by atoms with van der Waals surface area (Å²) in [6.45, 7) is 0. The average molecular weight is 197 g/mol. The van der Waals surface area contributed by atoms with Crippen LogP contribution in [0.2, 0.25) is 0 Å². The maximum Gasteiger partial charge on any atom is 0.334 e. The van der Waals surface area contributed by atoms with Crippen LogP contribution in [0.4, 0.5) is 0 Å². The van der Waals surface area contributed by atoms with Gasteiger partial charge < -0.3 is 9.84 Å². The molecule has 1 amide bonds. The van der Waals surface area contributed by atoms with Gasteiger partial charge in [-0.25, -0.2) is 4.79 Å². The minimum atomic E-state index is -1.19. The van der Waals surface area contributed by atoms with Gasteiger partial charge in [0.15, 0.2) is 12.3 Å². The Morgan fingerprint density at radius 1 is 1.64 bits per heavy atom. The van der Waals surface area contributed by atoms with Gasteiger partial charge in [-0.1, -0.05) is 0 Å². The van der Waals surface area contributed by atoms with E-state index >= 15 is 0 Å². The highest BCUT2D eigenvalue weighted by Crippen LogP contribution is 2.35. The minimum absolute atomic E-state index is 0.0309.